The first kappa shape index (κ1) is 17.5. The van der Waals surface area contributed by atoms with Crippen LogP contribution in [-0.2, 0) is 16.1 Å². The molecule has 1 aliphatic rings. The summed E-state index contributed by atoms with van der Waals surface area (Å²) in [7, 11) is 0. The second-order valence-corrected chi connectivity index (χ2v) is 6.58. The molecule has 1 N–H and O–H groups in total. The summed E-state index contributed by atoms with van der Waals surface area (Å²) in [5, 5.41) is 3.95. The molecule has 0 radical (unpaired) electrons. The van der Waals surface area contributed by atoms with Crippen molar-refractivity contribution >= 4 is 16.9 Å². The van der Waals surface area contributed by atoms with Crippen LogP contribution in [0.25, 0.3) is 11.0 Å². The Bertz CT molecular complexity index is 901. The third-order valence-corrected chi connectivity index (χ3v) is 4.69. The number of pyridine rings is 1. The summed E-state index contributed by atoms with van der Waals surface area (Å²) in [6.45, 7) is 1.87. The number of fused-ring (bicyclic) bond motifs is 1. The molecule has 0 spiro atoms. The van der Waals surface area contributed by atoms with Gasteiger partial charge in [0.25, 0.3) is 0 Å². The molecule has 140 valence electrons. The van der Waals surface area contributed by atoms with Gasteiger partial charge in [-0.2, -0.15) is 0 Å². The number of amides is 1. The number of rotatable bonds is 7. The highest BCUT2D eigenvalue weighted by molar-refractivity contribution is 5.82. The van der Waals surface area contributed by atoms with E-state index in [2.05, 4.69) is 16.4 Å². The van der Waals surface area contributed by atoms with E-state index in [4.69, 9.17) is 9.47 Å². The summed E-state index contributed by atoms with van der Waals surface area (Å²) in [6.07, 6.45) is 3.81. The first-order chi connectivity index (χ1) is 13.3. The number of ether oxygens (including phenoxy) is 2. The van der Waals surface area contributed by atoms with Crippen LogP contribution in [-0.4, -0.2) is 35.2 Å². The molecule has 3 heterocycles. The lowest BCUT2D eigenvalue weighted by molar-refractivity contribution is -0.121. The van der Waals surface area contributed by atoms with Crippen molar-refractivity contribution in [1.29, 1.82) is 0 Å². The minimum absolute atomic E-state index is 0.0356. The fourth-order valence-corrected chi connectivity index (χ4v) is 3.43. The zero-order valence-corrected chi connectivity index (χ0v) is 15.1. The topological polar surface area (TPSA) is 65.4 Å². The number of para-hydroxylation sites is 1. The van der Waals surface area contributed by atoms with Crippen molar-refractivity contribution in [2.24, 2.45) is 0 Å². The summed E-state index contributed by atoms with van der Waals surface area (Å²) in [6, 6.07) is 15.6. The van der Waals surface area contributed by atoms with Crippen LogP contribution in [0.15, 0.2) is 54.7 Å². The maximum Gasteiger partial charge on any atom is 0.240 e. The molecule has 0 saturated carbocycles. The van der Waals surface area contributed by atoms with Crippen LogP contribution in [0.3, 0.4) is 0 Å². The molecule has 2 aromatic heterocycles. The molecule has 6 heteroatoms. The average molecular weight is 365 g/mol. The zero-order valence-electron chi connectivity index (χ0n) is 15.1. The van der Waals surface area contributed by atoms with E-state index >= 15 is 0 Å². The number of aromatic nitrogens is 2. The lowest BCUT2D eigenvalue weighted by Crippen LogP contribution is -2.31. The van der Waals surface area contributed by atoms with Crippen LogP contribution < -0.4 is 10.1 Å². The Hall–Kier alpha value is -2.86. The number of hydrogen-bond donors (Lipinski definition) is 1. The first-order valence-electron chi connectivity index (χ1n) is 9.31. The average Bonchev–Trinajstić information content (AvgIpc) is 3.34. The molecule has 1 fully saturated rings. The van der Waals surface area contributed by atoms with E-state index in [9.17, 15) is 4.79 Å². The van der Waals surface area contributed by atoms with Crippen LogP contribution in [0.2, 0.25) is 0 Å². The number of benzene rings is 1. The van der Waals surface area contributed by atoms with Crippen LogP contribution >= 0.6 is 0 Å². The maximum atomic E-state index is 12.5. The lowest BCUT2D eigenvalue weighted by Gasteiger charge is -2.15. The van der Waals surface area contributed by atoms with E-state index in [-0.39, 0.29) is 18.6 Å². The van der Waals surface area contributed by atoms with E-state index in [1.807, 2.05) is 47.0 Å². The highest BCUT2D eigenvalue weighted by Crippen LogP contribution is 2.32. The van der Waals surface area contributed by atoms with Crippen LogP contribution in [0.1, 0.15) is 24.6 Å². The molecule has 0 unspecified atom stereocenters. The van der Waals surface area contributed by atoms with E-state index in [0.29, 0.717) is 13.2 Å². The molecule has 6 nitrogen and oxygen atoms in total. The molecule has 1 atom stereocenters. The smallest absolute Gasteiger partial charge is 0.240 e. The van der Waals surface area contributed by atoms with E-state index in [1.54, 1.807) is 6.20 Å². The molecule has 1 aromatic carbocycles. The Morgan fingerprint density at radius 2 is 2.15 bits per heavy atom. The molecular formula is C21H23N3O3. The van der Waals surface area contributed by atoms with E-state index < -0.39 is 0 Å². The normalized spacial score (nSPS) is 16.5. The number of hydrogen-bond acceptors (Lipinski definition) is 4. The molecule has 0 aliphatic carbocycles. The molecule has 4 rings (SSSR count). The summed E-state index contributed by atoms with van der Waals surface area (Å²) in [5.74, 6) is 0.738. The van der Waals surface area contributed by atoms with Gasteiger partial charge in [-0.05, 0) is 43.2 Å². The number of nitrogens with one attached hydrogen (secondary N) is 1. The molecule has 1 saturated heterocycles. The fourth-order valence-electron chi connectivity index (χ4n) is 3.43. The second kappa shape index (κ2) is 8.22. The Balaban J connectivity index is 1.40. The van der Waals surface area contributed by atoms with Gasteiger partial charge < -0.3 is 19.4 Å². The van der Waals surface area contributed by atoms with Crippen LogP contribution in [0, 0.1) is 0 Å². The number of carbonyl (C=O) groups is 1. The molecule has 27 heavy (non-hydrogen) atoms. The van der Waals surface area contributed by atoms with Crippen molar-refractivity contribution in [1.82, 2.24) is 14.9 Å². The highest BCUT2D eigenvalue weighted by Gasteiger charge is 2.24. The van der Waals surface area contributed by atoms with Crippen molar-refractivity contribution in [2.45, 2.75) is 25.5 Å². The predicted octanol–water partition coefficient (Wildman–Crippen LogP) is 3.08. The van der Waals surface area contributed by atoms with Crippen molar-refractivity contribution in [2.75, 3.05) is 19.8 Å². The van der Waals surface area contributed by atoms with Gasteiger partial charge in [-0.15, -0.1) is 0 Å². The van der Waals surface area contributed by atoms with Gasteiger partial charge in [0, 0.05) is 23.9 Å². The monoisotopic (exact) mass is 365 g/mol. The van der Waals surface area contributed by atoms with Crippen molar-refractivity contribution in [3.05, 3.63) is 60.4 Å². The third kappa shape index (κ3) is 4.11. The van der Waals surface area contributed by atoms with Crippen molar-refractivity contribution < 1.29 is 14.3 Å². The number of carbonyl (C=O) groups excluding carboxylic acids is 1. The Morgan fingerprint density at radius 1 is 1.26 bits per heavy atom. The van der Waals surface area contributed by atoms with Gasteiger partial charge in [-0.1, -0.05) is 18.2 Å². The van der Waals surface area contributed by atoms with Gasteiger partial charge in [-0.25, -0.2) is 4.98 Å². The van der Waals surface area contributed by atoms with Gasteiger partial charge in [0.1, 0.15) is 24.5 Å². The summed E-state index contributed by atoms with van der Waals surface area (Å²) < 4.78 is 13.4. The van der Waals surface area contributed by atoms with Gasteiger partial charge in [-0.3, -0.25) is 4.79 Å². The minimum atomic E-state index is -0.0611. The quantitative estimate of drug-likeness (QED) is 0.654. The largest absolute Gasteiger partial charge is 0.492 e. The third-order valence-electron chi connectivity index (χ3n) is 4.69. The Kier molecular flexibility index (Phi) is 5.34. The molecule has 1 amide bonds. The second-order valence-electron chi connectivity index (χ2n) is 6.58. The summed E-state index contributed by atoms with van der Waals surface area (Å²) >= 11 is 0. The van der Waals surface area contributed by atoms with Crippen LogP contribution in [0.5, 0.6) is 5.75 Å². The summed E-state index contributed by atoms with van der Waals surface area (Å²) in [5.41, 5.74) is 1.84. The SMILES string of the molecule is O=C(Cn1c([C@@H]2CCCO2)cc2cccnc21)NCCOc1ccccc1. The van der Waals surface area contributed by atoms with Gasteiger partial charge >= 0.3 is 0 Å². The zero-order chi connectivity index (χ0) is 18.5. The van der Waals surface area contributed by atoms with Gasteiger partial charge in [0.2, 0.25) is 5.91 Å². The lowest BCUT2D eigenvalue weighted by atomic mass is 10.2. The van der Waals surface area contributed by atoms with E-state index in [1.165, 1.54) is 0 Å². The Morgan fingerprint density at radius 3 is 2.96 bits per heavy atom. The van der Waals surface area contributed by atoms with Crippen molar-refractivity contribution in [3.8, 4) is 5.75 Å². The predicted molar refractivity (Wildman–Crippen MR) is 103 cm³/mol. The summed E-state index contributed by atoms with van der Waals surface area (Å²) in [4.78, 5) is 16.9. The van der Waals surface area contributed by atoms with Crippen LogP contribution in [0.4, 0.5) is 0 Å². The first-order valence-corrected chi connectivity index (χ1v) is 9.31. The Labute approximate surface area is 158 Å². The van der Waals surface area contributed by atoms with Gasteiger partial charge in [0.15, 0.2) is 0 Å². The standard InChI is InChI=1S/C21H23N3O3/c25-20(22-11-13-26-17-7-2-1-3-8-17)15-24-18(19-9-5-12-27-19)14-16-6-4-10-23-21(16)24/h1-4,6-8,10,14,19H,5,9,11-13,15H2,(H,22,25)/t19-/m0/s1. The molecule has 3 aromatic rings. The molecule has 0 bridgehead atoms. The minimum Gasteiger partial charge on any atom is -0.492 e. The molecule has 1 aliphatic heterocycles. The molecular weight excluding hydrogens is 342 g/mol. The maximum absolute atomic E-state index is 12.5. The highest BCUT2D eigenvalue weighted by atomic mass is 16.5. The van der Waals surface area contributed by atoms with Crippen molar-refractivity contribution in [3.63, 3.8) is 0 Å². The fraction of sp³-hybridized carbons (Fsp3) is 0.333. The number of nitrogens with zero attached hydrogens (tertiary/aromatic N) is 2. The van der Waals surface area contributed by atoms with Gasteiger partial charge in [0.05, 0.1) is 12.6 Å². The van der Waals surface area contributed by atoms with E-state index in [0.717, 1.165) is 41.9 Å².